The van der Waals surface area contributed by atoms with Gasteiger partial charge in [-0.2, -0.15) is 17.4 Å². The monoisotopic (exact) mass is 338 g/mol. The normalized spacial score (nSPS) is 19.5. The van der Waals surface area contributed by atoms with Gasteiger partial charge in [0, 0.05) is 39.8 Å². The number of nitrogens with zero attached hydrogens (tertiary/aromatic N) is 2. The van der Waals surface area contributed by atoms with Gasteiger partial charge in [0.2, 0.25) is 0 Å². The summed E-state index contributed by atoms with van der Waals surface area (Å²) in [7, 11) is -1.89. The first-order chi connectivity index (χ1) is 9.92. The van der Waals surface area contributed by atoms with Gasteiger partial charge in [-0.3, -0.25) is 4.90 Å². The van der Waals surface area contributed by atoms with Gasteiger partial charge >= 0.3 is 0 Å². The first-order valence-corrected chi connectivity index (χ1v) is 9.04. The van der Waals surface area contributed by atoms with Gasteiger partial charge in [-0.05, 0) is 6.42 Å². The molecule has 0 saturated carbocycles. The van der Waals surface area contributed by atoms with E-state index in [9.17, 15) is 8.42 Å². The zero-order valence-electron chi connectivity index (χ0n) is 12.7. The Morgan fingerprint density at radius 3 is 2.48 bits per heavy atom. The van der Waals surface area contributed by atoms with Crippen molar-refractivity contribution in [1.82, 2.24) is 13.9 Å². The van der Waals surface area contributed by atoms with Crippen LogP contribution in [0.5, 0.6) is 0 Å². The molecule has 9 heteroatoms. The molecule has 0 bridgehead atoms. The minimum Gasteiger partial charge on any atom is -0.392 e. The number of nitrogens with two attached hydrogens (primary N) is 1. The van der Waals surface area contributed by atoms with Crippen LogP contribution < -0.4 is 10.5 Å². The lowest BCUT2D eigenvalue weighted by Gasteiger charge is -2.38. The van der Waals surface area contributed by atoms with E-state index < -0.39 is 10.2 Å². The van der Waals surface area contributed by atoms with Crippen molar-refractivity contribution in [3.8, 4) is 0 Å². The van der Waals surface area contributed by atoms with Crippen LogP contribution in [0.15, 0.2) is 0 Å². The van der Waals surface area contributed by atoms with Crippen LogP contribution in [0.1, 0.15) is 19.8 Å². The zero-order chi connectivity index (χ0) is 15.9. The highest BCUT2D eigenvalue weighted by Crippen LogP contribution is 2.13. The summed E-state index contributed by atoms with van der Waals surface area (Å²) in [6.07, 6.45) is 1.91. The van der Waals surface area contributed by atoms with Crippen molar-refractivity contribution in [3.05, 3.63) is 0 Å². The van der Waals surface area contributed by atoms with Crippen molar-refractivity contribution < 1.29 is 13.2 Å². The van der Waals surface area contributed by atoms with Crippen LogP contribution in [0.4, 0.5) is 0 Å². The molecule has 1 atom stereocenters. The standard InChI is InChI=1S/C12H26N4O3S2/c1-3-4-11(12(13)20)15-6-8-16(9-7-15)21(17,18)14-5-10-19-2/h11,14H,3-10H2,1-2H3,(H2,13,20). The van der Waals surface area contributed by atoms with Gasteiger partial charge in [0.25, 0.3) is 10.2 Å². The number of methoxy groups -OCH3 is 1. The number of piperazine rings is 1. The lowest BCUT2D eigenvalue weighted by Crippen LogP contribution is -2.56. The first kappa shape index (κ1) is 18.7. The second kappa shape index (κ2) is 8.96. The molecule has 1 heterocycles. The van der Waals surface area contributed by atoms with Crippen molar-refractivity contribution in [2.24, 2.45) is 5.73 Å². The van der Waals surface area contributed by atoms with E-state index in [-0.39, 0.29) is 12.6 Å². The molecule has 1 aliphatic heterocycles. The predicted octanol–water partition coefficient (Wildman–Crippen LogP) is -0.460. The maximum Gasteiger partial charge on any atom is 0.279 e. The molecule has 1 unspecified atom stereocenters. The van der Waals surface area contributed by atoms with Crippen LogP contribution >= 0.6 is 12.2 Å². The molecule has 0 aromatic rings. The smallest absolute Gasteiger partial charge is 0.279 e. The molecule has 3 N–H and O–H groups in total. The molecule has 124 valence electrons. The van der Waals surface area contributed by atoms with E-state index in [2.05, 4.69) is 16.5 Å². The SMILES string of the molecule is CCCC(C(N)=S)N1CCN(S(=O)(=O)NCCOC)CC1. The summed E-state index contributed by atoms with van der Waals surface area (Å²) in [5.41, 5.74) is 5.79. The molecule has 0 aromatic carbocycles. The molecular formula is C12H26N4O3S2. The van der Waals surface area contributed by atoms with E-state index in [1.807, 2.05) is 0 Å². The maximum atomic E-state index is 12.1. The molecule has 1 rings (SSSR count). The van der Waals surface area contributed by atoms with Crippen LogP contribution in [0.25, 0.3) is 0 Å². The van der Waals surface area contributed by atoms with Gasteiger partial charge in [-0.15, -0.1) is 0 Å². The molecule has 7 nitrogen and oxygen atoms in total. The summed E-state index contributed by atoms with van der Waals surface area (Å²) in [6.45, 7) is 4.92. The largest absolute Gasteiger partial charge is 0.392 e. The fraction of sp³-hybridized carbons (Fsp3) is 0.917. The van der Waals surface area contributed by atoms with Crippen molar-refractivity contribution >= 4 is 27.4 Å². The lowest BCUT2D eigenvalue weighted by atomic mass is 10.1. The number of hydrogen-bond donors (Lipinski definition) is 2. The van der Waals surface area contributed by atoms with Crippen LogP contribution in [-0.4, -0.2) is 75.1 Å². The fourth-order valence-electron chi connectivity index (χ4n) is 2.40. The van der Waals surface area contributed by atoms with E-state index in [0.29, 0.717) is 37.8 Å². The van der Waals surface area contributed by atoms with Gasteiger partial charge in [0.1, 0.15) is 0 Å². The molecule has 0 amide bonds. The third kappa shape index (κ3) is 5.76. The van der Waals surface area contributed by atoms with E-state index in [4.69, 9.17) is 22.7 Å². The summed E-state index contributed by atoms with van der Waals surface area (Å²) >= 11 is 5.11. The Balaban J connectivity index is 2.52. The van der Waals surface area contributed by atoms with E-state index in [0.717, 1.165) is 12.8 Å². The number of nitrogens with one attached hydrogen (secondary N) is 1. The van der Waals surface area contributed by atoms with Crippen molar-refractivity contribution in [3.63, 3.8) is 0 Å². The first-order valence-electron chi connectivity index (χ1n) is 7.19. The average Bonchev–Trinajstić information content (AvgIpc) is 2.45. The van der Waals surface area contributed by atoms with Gasteiger partial charge in [-0.25, -0.2) is 0 Å². The van der Waals surface area contributed by atoms with E-state index in [1.54, 1.807) is 0 Å². The summed E-state index contributed by atoms with van der Waals surface area (Å²) in [5.74, 6) is 0. The number of ether oxygens (including phenoxy) is 1. The molecule has 21 heavy (non-hydrogen) atoms. The Morgan fingerprint density at radius 1 is 1.38 bits per heavy atom. The van der Waals surface area contributed by atoms with Crippen LogP contribution in [0.3, 0.4) is 0 Å². The number of hydrogen-bond acceptors (Lipinski definition) is 5. The number of thiocarbonyl (C=S) groups is 1. The lowest BCUT2D eigenvalue weighted by molar-refractivity contribution is 0.160. The third-order valence-corrected chi connectivity index (χ3v) is 5.42. The van der Waals surface area contributed by atoms with E-state index in [1.165, 1.54) is 11.4 Å². The topological polar surface area (TPSA) is 87.9 Å². The van der Waals surface area contributed by atoms with Crippen molar-refractivity contribution in [2.75, 3.05) is 46.4 Å². The molecule has 0 spiro atoms. The second-order valence-electron chi connectivity index (χ2n) is 5.03. The molecule has 1 saturated heterocycles. The fourth-order valence-corrected chi connectivity index (χ4v) is 3.83. The minimum absolute atomic E-state index is 0.0660. The summed E-state index contributed by atoms with van der Waals surface area (Å²) in [4.78, 5) is 2.67. The molecule has 0 aliphatic carbocycles. The Labute approximate surface area is 133 Å². The van der Waals surface area contributed by atoms with Crippen LogP contribution in [0, 0.1) is 0 Å². The molecule has 1 fully saturated rings. The Bertz CT molecular complexity index is 422. The summed E-state index contributed by atoms with van der Waals surface area (Å²) in [5, 5.41) is 0. The third-order valence-electron chi connectivity index (χ3n) is 3.54. The van der Waals surface area contributed by atoms with Crippen molar-refractivity contribution in [2.45, 2.75) is 25.8 Å². The Kier molecular flexibility index (Phi) is 7.99. The minimum atomic E-state index is -3.42. The highest BCUT2D eigenvalue weighted by atomic mass is 32.2. The van der Waals surface area contributed by atoms with Gasteiger partial charge < -0.3 is 10.5 Å². The number of rotatable bonds is 9. The Hall–Kier alpha value is -0.320. The van der Waals surface area contributed by atoms with Gasteiger partial charge in [0.05, 0.1) is 17.6 Å². The second-order valence-corrected chi connectivity index (χ2v) is 7.26. The highest BCUT2D eigenvalue weighted by Gasteiger charge is 2.30. The zero-order valence-corrected chi connectivity index (χ0v) is 14.4. The summed E-state index contributed by atoms with van der Waals surface area (Å²) in [6, 6.07) is 0.0660. The average molecular weight is 338 g/mol. The van der Waals surface area contributed by atoms with Gasteiger partial charge in [0.15, 0.2) is 0 Å². The summed E-state index contributed by atoms with van der Waals surface area (Å²) < 4.78 is 33.0. The highest BCUT2D eigenvalue weighted by molar-refractivity contribution is 7.87. The Morgan fingerprint density at radius 2 is 2.00 bits per heavy atom. The predicted molar refractivity (Wildman–Crippen MR) is 87.4 cm³/mol. The van der Waals surface area contributed by atoms with Crippen LogP contribution in [0.2, 0.25) is 0 Å². The molecular weight excluding hydrogens is 312 g/mol. The molecule has 0 radical (unpaired) electrons. The molecule has 0 aromatic heterocycles. The van der Waals surface area contributed by atoms with Gasteiger partial charge in [-0.1, -0.05) is 25.6 Å². The maximum absolute atomic E-state index is 12.1. The van der Waals surface area contributed by atoms with Crippen LogP contribution in [-0.2, 0) is 14.9 Å². The molecule has 1 aliphatic rings. The van der Waals surface area contributed by atoms with Crippen molar-refractivity contribution in [1.29, 1.82) is 0 Å². The quantitative estimate of drug-likeness (QED) is 0.437. The van der Waals surface area contributed by atoms with E-state index >= 15 is 0 Å².